The van der Waals surface area contributed by atoms with Crippen LogP contribution in [0.3, 0.4) is 0 Å². The fourth-order valence-electron chi connectivity index (χ4n) is 2.68. The molecule has 0 saturated heterocycles. The van der Waals surface area contributed by atoms with Crippen molar-refractivity contribution >= 4 is 17.9 Å². The molecule has 8 nitrogen and oxygen atoms in total. The summed E-state index contributed by atoms with van der Waals surface area (Å²) in [4.78, 5) is 36.3. The van der Waals surface area contributed by atoms with E-state index >= 15 is 0 Å². The largest absolute Gasteiger partial charge is 0.486 e. The number of imide groups is 1. The Kier molecular flexibility index (Phi) is 6.11. The van der Waals surface area contributed by atoms with Gasteiger partial charge in [0.1, 0.15) is 13.2 Å². The second kappa shape index (κ2) is 8.90. The monoisotopic (exact) mass is 384 g/mol. The molecule has 3 rings (SSSR count). The lowest BCUT2D eigenvalue weighted by Crippen LogP contribution is -2.41. The van der Waals surface area contributed by atoms with Crippen molar-refractivity contribution in [2.75, 3.05) is 20.3 Å². The summed E-state index contributed by atoms with van der Waals surface area (Å²) in [6.07, 6.45) is -1.31. The maximum atomic E-state index is 12.4. The molecule has 2 aromatic rings. The smallest absolute Gasteiger partial charge is 0.321 e. The Morgan fingerprint density at radius 2 is 1.75 bits per heavy atom. The Morgan fingerprint density at radius 3 is 2.46 bits per heavy atom. The van der Waals surface area contributed by atoms with Gasteiger partial charge in [-0.25, -0.2) is 4.79 Å². The van der Waals surface area contributed by atoms with E-state index in [1.54, 1.807) is 48.5 Å². The summed E-state index contributed by atoms with van der Waals surface area (Å²) in [5, 5.41) is 4.42. The van der Waals surface area contributed by atoms with Crippen molar-refractivity contribution in [1.29, 1.82) is 0 Å². The molecule has 0 saturated carbocycles. The first-order chi connectivity index (χ1) is 13.6. The molecular formula is C20H20N2O6. The maximum Gasteiger partial charge on any atom is 0.321 e. The molecule has 1 aliphatic rings. The highest BCUT2D eigenvalue weighted by Gasteiger charge is 2.26. The third kappa shape index (κ3) is 4.79. The van der Waals surface area contributed by atoms with Crippen molar-refractivity contribution < 1.29 is 28.6 Å². The van der Waals surface area contributed by atoms with Crippen LogP contribution in [0.15, 0.2) is 48.5 Å². The first-order valence-corrected chi connectivity index (χ1v) is 8.72. The number of esters is 1. The second-order valence-corrected chi connectivity index (χ2v) is 6.00. The number of benzene rings is 2. The van der Waals surface area contributed by atoms with Gasteiger partial charge in [0.15, 0.2) is 11.5 Å². The number of amides is 3. The number of hydrogen-bond donors (Lipinski definition) is 2. The fourth-order valence-corrected chi connectivity index (χ4v) is 2.68. The molecule has 0 aromatic heterocycles. The van der Waals surface area contributed by atoms with Gasteiger partial charge in [0.05, 0.1) is 6.42 Å². The average Bonchev–Trinajstić information content (AvgIpc) is 2.72. The fraction of sp³-hybridized carbons (Fsp3) is 0.250. The van der Waals surface area contributed by atoms with Crippen LogP contribution >= 0.6 is 0 Å². The maximum absolute atomic E-state index is 12.4. The van der Waals surface area contributed by atoms with Crippen LogP contribution in [0.4, 0.5) is 4.79 Å². The van der Waals surface area contributed by atoms with Crippen LogP contribution in [0.2, 0.25) is 0 Å². The minimum absolute atomic E-state index is 0.0623. The molecule has 0 bridgehead atoms. The highest BCUT2D eigenvalue weighted by atomic mass is 16.6. The topological polar surface area (TPSA) is 103 Å². The third-order valence-electron chi connectivity index (χ3n) is 4.01. The van der Waals surface area contributed by atoms with E-state index in [-0.39, 0.29) is 6.42 Å². The summed E-state index contributed by atoms with van der Waals surface area (Å²) in [7, 11) is 1.38. The van der Waals surface area contributed by atoms with Crippen LogP contribution < -0.4 is 20.1 Å². The zero-order valence-electron chi connectivity index (χ0n) is 15.3. The van der Waals surface area contributed by atoms with Gasteiger partial charge in [-0.1, -0.05) is 36.4 Å². The molecule has 3 amide bonds. The van der Waals surface area contributed by atoms with Crippen LogP contribution in [0.1, 0.15) is 17.2 Å². The van der Waals surface area contributed by atoms with Gasteiger partial charge in [-0.05, 0) is 17.7 Å². The Hall–Kier alpha value is -3.55. The van der Waals surface area contributed by atoms with Crippen molar-refractivity contribution in [2.45, 2.75) is 12.5 Å². The molecule has 1 aliphatic heterocycles. The molecule has 146 valence electrons. The van der Waals surface area contributed by atoms with Crippen LogP contribution in [0.5, 0.6) is 11.5 Å². The van der Waals surface area contributed by atoms with Gasteiger partial charge in [0.25, 0.3) is 5.91 Å². The van der Waals surface area contributed by atoms with Crippen molar-refractivity contribution in [1.82, 2.24) is 10.6 Å². The van der Waals surface area contributed by atoms with Gasteiger partial charge >= 0.3 is 12.0 Å². The number of carbonyl (C=O) groups is 3. The predicted molar refractivity (Wildman–Crippen MR) is 99.0 cm³/mol. The van der Waals surface area contributed by atoms with E-state index in [4.69, 9.17) is 14.2 Å². The van der Waals surface area contributed by atoms with Crippen LogP contribution in [-0.4, -0.2) is 38.2 Å². The summed E-state index contributed by atoms with van der Waals surface area (Å²) >= 11 is 0. The van der Waals surface area contributed by atoms with Crippen molar-refractivity contribution in [3.8, 4) is 11.5 Å². The number of rotatable bonds is 5. The van der Waals surface area contributed by atoms with Gasteiger partial charge in [-0.15, -0.1) is 0 Å². The predicted octanol–water partition coefficient (Wildman–Crippen LogP) is 1.74. The molecule has 8 heteroatoms. The van der Waals surface area contributed by atoms with E-state index in [0.717, 1.165) is 0 Å². The molecule has 0 aliphatic carbocycles. The lowest BCUT2D eigenvalue weighted by molar-refractivity contribution is -0.155. The van der Waals surface area contributed by atoms with E-state index in [2.05, 4.69) is 10.6 Å². The van der Waals surface area contributed by atoms with Crippen molar-refractivity contribution in [2.24, 2.45) is 0 Å². The first-order valence-electron chi connectivity index (χ1n) is 8.72. The van der Waals surface area contributed by atoms with E-state index in [1.807, 2.05) is 0 Å². The molecule has 1 atom stereocenters. The molecule has 2 N–H and O–H groups in total. The number of ether oxygens (including phenoxy) is 3. The highest BCUT2D eigenvalue weighted by molar-refractivity contribution is 5.97. The molecular weight excluding hydrogens is 364 g/mol. The zero-order chi connectivity index (χ0) is 19.9. The number of carbonyl (C=O) groups excluding carboxylic acids is 3. The lowest BCUT2D eigenvalue weighted by Gasteiger charge is -2.19. The summed E-state index contributed by atoms with van der Waals surface area (Å²) in [6.45, 7) is 0.921. The van der Waals surface area contributed by atoms with Crippen LogP contribution in [0.25, 0.3) is 0 Å². The number of fused-ring (bicyclic) bond motifs is 1. The number of nitrogens with one attached hydrogen (secondary N) is 2. The standard InChI is InChI=1S/C20H20N2O6/c1-21-20(25)22-19(24)18(14-5-3-2-4-6-14)28-17(23)12-13-7-8-15-16(11-13)27-10-9-26-15/h2-8,11,18H,9-10,12H2,1H3,(H2,21,22,24,25)/t18-/m0/s1. The number of hydrogen-bond acceptors (Lipinski definition) is 6. The van der Waals surface area contributed by atoms with Gasteiger partial charge in [-0.2, -0.15) is 0 Å². The Bertz CT molecular complexity index is 868. The van der Waals surface area contributed by atoms with Gasteiger partial charge in [0.2, 0.25) is 6.10 Å². The summed E-state index contributed by atoms with van der Waals surface area (Å²) < 4.78 is 16.3. The molecule has 1 heterocycles. The minimum Gasteiger partial charge on any atom is -0.486 e. The quantitative estimate of drug-likeness (QED) is 0.762. The van der Waals surface area contributed by atoms with Gasteiger partial charge in [0, 0.05) is 12.6 Å². The van der Waals surface area contributed by atoms with Gasteiger partial charge < -0.3 is 19.5 Å². The van der Waals surface area contributed by atoms with Crippen LogP contribution in [0, 0.1) is 0 Å². The van der Waals surface area contributed by atoms with Crippen molar-refractivity contribution in [3.05, 3.63) is 59.7 Å². The molecule has 2 aromatic carbocycles. The Balaban J connectivity index is 1.72. The second-order valence-electron chi connectivity index (χ2n) is 6.00. The van der Waals surface area contributed by atoms with Gasteiger partial charge in [-0.3, -0.25) is 14.9 Å². The molecule has 0 spiro atoms. The van der Waals surface area contributed by atoms with E-state index < -0.39 is 24.0 Å². The average molecular weight is 384 g/mol. The molecule has 0 radical (unpaired) electrons. The summed E-state index contributed by atoms with van der Waals surface area (Å²) in [5.41, 5.74) is 1.12. The van der Waals surface area contributed by atoms with E-state index in [0.29, 0.717) is 35.8 Å². The third-order valence-corrected chi connectivity index (χ3v) is 4.01. The van der Waals surface area contributed by atoms with Crippen LogP contribution in [-0.2, 0) is 20.7 Å². The minimum atomic E-state index is -1.25. The SMILES string of the molecule is CNC(=O)NC(=O)[C@@H](OC(=O)Cc1ccc2c(c1)OCCO2)c1ccccc1. The van der Waals surface area contributed by atoms with E-state index in [9.17, 15) is 14.4 Å². The highest BCUT2D eigenvalue weighted by Crippen LogP contribution is 2.31. The van der Waals surface area contributed by atoms with E-state index in [1.165, 1.54) is 7.05 Å². The Morgan fingerprint density at radius 1 is 1.04 bits per heavy atom. The zero-order valence-corrected chi connectivity index (χ0v) is 15.3. The Labute approximate surface area is 161 Å². The number of urea groups is 1. The van der Waals surface area contributed by atoms with Crippen molar-refractivity contribution in [3.63, 3.8) is 0 Å². The molecule has 0 unspecified atom stereocenters. The summed E-state index contributed by atoms with van der Waals surface area (Å²) in [5.74, 6) is -0.164. The molecule has 28 heavy (non-hydrogen) atoms. The summed E-state index contributed by atoms with van der Waals surface area (Å²) in [6, 6.07) is 13.0. The normalized spacial score (nSPS) is 13.2. The lowest BCUT2D eigenvalue weighted by atomic mass is 10.1. The first kappa shape index (κ1) is 19.2. The molecule has 0 fully saturated rings.